The largest absolute Gasteiger partial charge is 0.423 e. The van der Waals surface area contributed by atoms with Gasteiger partial charge in [-0.1, -0.05) is 26.7 Å². The second kappa shape index (κ2) is 10.5. The SMILES string of the molecule is CCCc1cc(N)ccc1OC(=O)c1ccc(C(=O)Oc2ccc(N)cc2CCC)cc1. The predicted octanol–water partition coefficient (Wildman–Crippen LogP) is 5.19. The van der Waals surface area contributed by atoms with Gasteiger partial charge in [-0.15, -0.1) is 0 Å². The van der Waals surface area contributed by atoms with Crippen molar-refractivity contribution in [2.45, 2.75) is 39.5 Å². The number of hydrogen-bond donors (Lipinski definition) is 2. The Morgan fingerprint density at radius 1 is 0.656 bits per heavy atom. The van der Waals surface area contributed by atoms with Crippen molar-refractivity contribution in [1.29, 1.82) is 0 Å². The lowest BCUT2D eigenvalue weighted by Gasteiger charge is -2.12. The van der Waals surface area contributed by atoms with Gasteiger partial charge in [-0.3, -0.25) is 0 Å². The highest BCUT2D eigenvalue weighted by atomic mass is 16.5. The lowest BCUT2D eigenvalue weighted by Crippen LogP contribution is -2.12. The average Bonchev–Trinajstić information content (AvgIpc) is 2.78. The second-order valence-electron chi connectivity index (χ2n) is 7.59. The first-order valence-electron chi connectivity index (χ1n) is 10.7. The number of ether oxygens (including phenoxy) is 2. The molecule has 0 saturated carbocycles. The second-order valence-corrected chi connectivity index (χ2v) is 7.59. The fourth-order valence-electron chi connectivity index (χ4n) is 3.39. The Hall–Kier alpha value is -3.80. The smallest absolute Gasteiger partial charge is 0.343 e. The fraction of sp³-hybridized carbons (Fsp3) is 0.231. The van der Waals surface area contributed by atoms with Crippen molar-refractivity contribution in [1.82, 2.24) is 0 Å². The van der Waals surface area contributed by atoms with Crippen molar-refractivity contribution in [2.75, 3.05) is 11.5 Å². The minimum Gasteiger partial charge on any atom is -0.423 e. The molecule has 0 radical (unpaired) electrons. The van der Waals surface area contributed by atoms with Gasteiger partial charge in [0, 0.05) is 11.4 Å². The van der Waals surface area contributed by atoms with E-state index in [1.165, 1.54) is 0 Å². The summed E-state index contributed by atoms with van der Waals surface area (Å²) in [6, 6.07) is 16.6. The summed E-state index contributed by atoms with van der Waals surface area (Å²) in [6.07, 6.45) is 3.31. The molecular weight excluding hydrogens is 404 g/mol. The number of carbonyl (C=O) groups is 2. The van der Waals surface area contributed by atoms with Crippen LogP contribution in [-0.4, -0.2) is 11.9 Å². The topological polar surface area (TPSA) is 105 Å². The van der Waals surface area contributed by atoms with Crippen molar-refractivity contribution >= 4 is 23.3 Å². The Balaban J connectivity index is 1.71. The lowest BCUT2D eigenvalue weighted by molar-refractivity contribution is 0.0719. The molecule has 0 saturated heterocycles. The first-order valence-corrected chi connectivity index (χ1v) is 10.7. The molecule has 0 bridgehead atoms. The van der Waals surface area contributed by atoms with Crippen molar-refractivity contribution < 1.29 is 19.1 Å². The van der Waals surface area contributed by atoms with Gasteiger partial charge >= 0.3 is 11.9 Å². The van der Waals surface area contributed by atoms with E-state index < -0.39 is 11.9 Å². The van der Waals surface area contributed by atoms with Crippen molar-refractivity contribution in [2.24, 2.45) is 0 Å². The molecule has 0 aromatic heterocycles. The zero-order valence-electron chi connectivity index (χ0n) is 18.4. The first kappa shape index (κ1) is 22.9. The van der Waals surface area contributed by atoms with Crippen LogP contribution < -0.4 is 20.9 Å². The number of nitrogens with two attached hydrogens (primary N) is 2. The van der Waals surface area contributed by atoms with E-state index in [2.05, 4.69) is 0 Å². The quantitative estimate of drug-likeness (QED) is 0.288. The molecular formula is C26H28N2O4. The highest BCUT2D eigenvalue weighted by Gasteiger charge is 2.15. The van der Waals surface area contributed by atoms with E-state index in [1.807, 2.05) is 26.0 Å². The van der Waals surface area contributed by atoms with Crippen LogP contribution >= 0.6 is 0 Å². The monoisotopic (exact) mass is 432 g/mol. The van der Waals surface area contributed by atoms with Gasteiger partial charge in [-0.2, -0.15) is 0 Å². The fourth-order valence-corrected chi connectivity index (χ4v) is 3.39. The van der Waals surface area contributed by atoms with Crippen LogP contribution in [0.5, 0.6) is 11.5 Å². The summed E-state index contributed by atoms with van der Waals surface area (Å²) in [5.74, 6) is -0.0331. The normalized spacial score (nSPS) is 10.6. The predicted molar refractivity (Wildman–Crippen MR) is 126 cm³/mol. The lowest BCUT2D eigenvalue weighted by atomic mass is 10.1. The zero-order chi connectivity index (χ0) is 23.1. The number of benzene rings is 3. The number of esters is 2. The van der Waals surface area contributed by atoms with Crippen LogP contribution in [0.3, 0.4) is 0 Å². The zero-order valence-corrected chi connectivity index (χ0v) is 18.4. The van der Waals surface area contributed by atoms with Gasteiger partial charge in [0.1, 0.15) is 11.5 Å². The Morgan fingerprint density at radius 2 is 1.03 bits per heavy atom. The minimum atomic E-state index is -0.504. The molecule has 3 aromatic carbocycles. The standard InChI is InChI=1S/C26H28N2O4/c1-3-5-19-15-21(27)11-13-23(19)31-25(29)17-7-9-18(10-8-17)26(30)32-24-14-12-22(28)16-20(24)6-4-2/h7-16H,3-6,27-28H2,1-2H3. The maximum atomic E-state index is 12.6. The van der Waals surface area contributed by atoms with E-state index in [0.717, 1.165) is 36.8 Å². The number of nitrogen functional groups attached to an aromatic ring is 2. The molecule has 0 heterocycles. The van der Waals surface area contributed by atoms with Crippen LogP contribution in [-0.2, 0) is 12.8 Å². The molecule has 6 heteroatoms. The Kier molecular flexibility index (Phi) is 7.49. The number of rotatable bonds is 8. The van der Waals surface area contributed by atoms with E-state index in [1.54, 1.807) is 48.5 Å². The Morgan fingerprint density at radius 3 is 1.38 bits per heavy atom. The number of anilines is 2. The minimum absolute atomic E-state index is 0.333. The van der Waals surface area contributed by atoms with Crippen LogP contribution in [0.15, 0.2) is 60.7 Å². The summed E-state index contributed by atoms with van der Waals surface area (Å²) >= 11 is 0. The van der Waals surface area contributed by atoms with Gasteiger partial charge < -0.3 is 20.9 Å². The maximum Gasteiger partial charge on any atom is 0.343 e. The molecule has 0 unspecified atom stereocenters. The van der Waals surface area contributed by atoms with E-state index in [0.29, 0.717) is 34.0 Å². The van der Waals surface area contributed by atoms with Gasteiger partial charge in [-0.25, -0.2) is 9.59 Å². The van der Waals surface area contributed by atoms with Gasteiger partial charge in [0.2, 0.25) is 0 Å². The van der Waals surface area contributed by atoms with E-state index in [9.17, 15) is 9.59 Å². The van der Waals surface area contributed by atoms with Crippen molar-refractivity contribution in [3.63, 3.8) is 0 Å². The molecule has 32 heavy (non-hydrogen) atoms. The first-order chi connectivity index (χ1) is 15.4. The summed E-state index contributed by atoms with van der Waals surface area (Å²) in [6.45, 7) is 4.09. The van der Waals surface area contributed by atoms with Gasteiger partial charge in [0.15, 0.2) is 0 Å². The Labute approximate surface area is 188 Å². The van der Waals surface area contributed by atoms with E-state index in [4.69, 9.17) is 20.9 Å². The third-order valence-corrected chi connectivity index (χ3v) is 4.97. The van der Waals surface area contributed by atoms with Crippen LogP contribution in [0.4, 0.5) is 11.4 Å². The maximum absolute atomic E-state index is 12.6. The van der Waals surface area contributed by atoms with Crippen LogP contribution in [0.1, 0.15) is 58.5 Å². The number of carbonyl (C=O) groups excluding carboxylic acids is 2. The third-order valence-electron chi connectivity index (χ3n) is 4.97. The molecule has 0 aliphatic rings. The summed E-state index contributed by atoms with van der Waals surface area (Å²) in [5.41, 5.74) is 15.4. The summed E-state index contributed by atoms with van der Waals surface area (Å²) < 4.78 is 11.1. The van der Waals surface area contributed by atoms with Gasteiger partial charge in [-0.05, 0) is 84.6 Å². The molecule has 0 aliphatic carbocycles. The molecule has 0 atom stereocenters. The van der Waals surface area contributed by atoms with Gasteiger partial charge in [0.05, 0.1) is 11.1 Å². The van der Waals surface area contributed by atoms with Crippen LogP contribution in [0.2, 0.25) is 0 Å². The summed E-state index contributed by atoms with van der Waals surface area (Å²) in [7, 11) is 0. The molecule has 166 valence electrons. The van der Waals surface area contributed by atoms with E-state index in [-0.39, 0.29) is 0 Å². The van der Waals surface area contributed by atoms with E-state index >= 15 is 0 Å². The molecule has 3 aromatic rings. The average molecular weight is 433 g/mol. The molecule has 3 rings (SSSR count). The summed E-state index contributed by atoms with van der Waals surface area (Å²) in [5, 5.41) is 0. The number of hydrogen-bond acceptors (Lipinski definition) is 6. The highest BCUT2D eigenvalue weighted by molar-refractivity contribution is 5.95. The van der Waals surface area contributed by atoms with Crippen molar-refractivity contribution in [3.8, 4) is 11.5 Å². The molecule has 0 aliphatic heterocycles. The van der Waals surface area contributed by atoms with Gasteiger partial charge in [0.25, 0.3) is 0 Å². The van der Waals surface area contributed by atoms with Crippen LogP contribution in [0.25, 0.3) is 0 Å². The number of aryl methyl sites for hydroxylation is 2. The highest BCUT2D eigenvalue weighted by Crippen LogP contribution is 2.25. The molecule has 0 fully saturated rings. The molecule has 4 N–H and O–H groups in total. The molecule has 0 spiro atoms. The van der Waals surface area contributed by atoms with Crippen LogP contribution in [0, 0.1) is 0 Å². The Bertz CT molecular complexity index is 1020. The molecule has 0 amide bonds. The van der Waals surface area contributed by atoms with Crippen molar-refractivity contribution in [3.05, 3.63) is 82.9 Å². The third kappa shape index (κ3) is 5.66. The summed E-state index contributed by atoms with van der Waals surface area (Å²) in [4.78, 5) is 25.2. The molecule has 6 nitrogen and oxygen atoms in total.